The highest BCUT2D eigenvalue weighted by Gasteiger charge is 2.24. The van der Waals surface area contributed by atoms with Gasteiger partial charge in [0.1, 0.15) is 12.3 Å². The molecule has 0 radical (unpaired) electrons. The zero-order valence-electron chi connectivity index (χ0n) is 17.0. The minimum atomic E-state index is -0.174. The van der Waals surface area contributed by atoms with Crippen LogP contribution in [0.4, 0.5) is 5.69 Å². The van der Waals surface area contributed by atoms with Crippen LogP contribution in [0, 0.1) is 0 Å². The SMILES string of the molecule is COc1ccccc1N1CCN(C(=O)Cn2nc3c(cc2=O)CCCCC3)CC1. The van der Waals surface area contributed by atoms with Crippen LogP contribution in [-0.4, -0.2) is 53.9 Å². The maximum absolute atomic E-state index is 12.8. The van der Waals surface area contributed by atoms with Gasteiger partial charge in [0.2, 0.25) is 5.91 Å². The predicted molar refractivity (Wildman–Crippen MR) is 112 cm³/mol. The van der Waals surface area contributed by atoms with Gasteiger partial charge in [0, 0.05) is 32.2 Å². The van der Waals surface area contributed by atoms with Crippen molar-refractivity contribution in [1.82, 2.24) is 14.7 Å². The lowest BCUT2D eigenvalue weighted by atomic mass is 10.1. The monoisotopic (exact) mass is 396 g/mol. The molecule has 154 valence electrons. The third-order valence-electron chi connectivity index (χ3n) is 5.87. The van der Waals surface area contributed by atoms with Crippen LogP contribution in [0.25, 0.3) is 0 Å². The maximum Gasteiger partial charge on any atom is 0.267 e. The van der Waals surface area contributed by atoms with Crippen molar-refractivity contribution in [2.75, 3.05) is 38.2 Å². The average molecular weight is 396 g/mol. The van der Waals surface area contributed by atoms with E-state index in [9.17, 15) is 9.59 Å². The molecule has 29 heavy (non-hydrogen) atoms. The summed E-state index contributed by atoms with van der Waals surface area (Å²) in [5, 5.41) is 4.52. The Morgan fingerprint density at radius 1 is 1.07 bits per heavy atom. The van der Waals surface area contributed by atoms with E-state index in [1.54, 1.807) is 13.2 Å². The lowest BCUT2D eigenvalue weighted by molar-refractivity contribution is -0.132. The van der Waals surface area contributed by atoms with Crippen LogP contribution < -0.4 is 15.2 Å². The highest BCUT2D eigenvalue weighted by Crippen LogP contribution is 2.28. The largest absolute Gasteiger partial charge is 0.495 e. The summed E-state index contributed by atoms with van der Waals surface area (Å²) < 4.78 is 6.80. The summed E-state index contributed by atoms with van der Waals surface area (Å²) in [6.45, 7) is 2.73. The van der Waals surface area contributed by atoms with E-state index in [-0.39, 0.29) is 18.0 Å². The Balaban J connectivity index is 1.40. The van der Waals surface area contributed by atoms with Gasteiger partial charge in [0.05, 0.1) is 18.5 Å². The van der Waals surface area contributed by atoms with E-state index in [4.69, 9.17) is 4.74 Å². The molecule has 1 saturated heterocycles. The molecule has 0 unspecified atom stereocenters. The Hall–Kier alpha value is -2.83. The van der Waals surface area contributed by atoms with Crippen molar-refractivity contribution in [3.05, 3.63) is 51.9 Å². The highest BCUT2D eigenvalue weighted by atomic mass is 16.5. The Morgan fingerprint density at radius 2 is 1.83 bits per heavy atom. The van der Waals surface area contributed by atoms with Crippen molar-refractivity contribution in [2.45, 2.75) is 38.6 Å². The molecular weight excluding hydrogens is 368 g/mol. The second kappa shape index (κ2) is 8.68. The van der Waals surface area contributed by atoms with Crippen molar-refractivity contribution < 1.29 is 9.53 Å². The van der Waals surface area contributed by atoms with Gasteiger partial charge in [-0.3, -0.25) is 9.59 Å². The average Bonchev–Trinajstić information content (AvgIpc) is 2.99. The second-order valence-electron chi connectivity index (χ2n) is 7.71. The smallest absolute Gasteiger partial charge is 0.267 e. The van der Waals surface area contributed by atoms with Gasteiger partial charge in [-0.15, -0.1) is 0 Å². The molecule has 0 atom stereocenters. The van der Waals surface area contributed by atoms with Crippen LogP contribution in [0.5, 0.6) is 5.75 Å². The third kappa shape index (κ3) is 4.28. The molecular formula is C22H28N4O3. The molecule has 0 spiro atoms. The molecule has 0 saturated carbocycles. The number of para-hydroxylation sites is 2. The number of piperazine rings is 1. The van der Waals surface area contributed by atoms with Gasteiger partial charge in [-0.2, -0.15) is 5.10 Å². The normalized spacial score (nSPS) is 16.9. The summed E-state index contributed by atoms with van der Waals surface area (Å²) in [5.41, 5.74) is 2.91. The number of fused-ring (bicyclic) bond motifs is 1. The predicted octanol–water partition coefficient (Wildman–Crippen LogP) is 1.87. The van der Waals surface area contributed by atoms with Crippen LogP contribution >= 0.6 is 0 Å². The molecule has 1 amide bonds. The summed E-state index contributed by atoms with van der Waals surface area (Å²) in [4.78, 5) is 29.3. The fraction of sp³-hybridized carbons (Fsp3) is 0.500. The Bertz CT molecular complexity index is 932. The number of ether oxygens (including phenoxy) is 1. The third-order valence-corrected chi connectivity index (χ3v) is 5.87. The molecule has 1 aromatic carbocycles. The summed E-state index contributed by atoms with van der Waals surface area (Å²) >= 11 is 0. The highest BCUT2D eigenvalue weighted by molar-refractivity contribution is 5.76. The molecule has 2 heterocycles. The maximum atomic E-state index is 12.8. The second-order valence-corrected chi connectivity index (χ2v) is 7.71. The van der Waals surface area contributed by atoms with Crippen LogP contribution in [0.2, 0.25) is 0 Å². The first kappa shape index (κ1) is 19.5. The molecule has 1 aliphatic heterocycles. The zero-order chi connectivity index (χ0) is 20.2. The number of carbonyl (C=O) groups excluding carboxylic acids is 1. The lowest BCUT2D eigenvalue weighted by Crippen LogP contribution is -2.50. The van der Waals surface area contributed by atoms with E-state index in [1.807, 2.05) is 29.2 Å². The van der Waals surface area contributed by atoms with E-state index in [0.29, 0.717) is 13.1 Å². The molecule has 2 aromatic rings. The van der Waals surface area contributed by atoms with E-state index in [2.05, 4.69) is 10.00 Å². The number of methoxy groups -OCH3 is 1. The molecule has 7 heteroatoms. The van der Waals surface area contributed by atoms with Crippen LogP contribution in [-0.2, 0) is 24.2 Å². The van der Waals surface area contributed by atoms with E-state index < -0.39 is 0 Å². The summed E-state index contributed by atoms with van der Waals surface area (Å²) in [6, 6.07) is 9.61. The van der Waals surface area contributed by atoms with E-state index in [0.717, 1.165) is 61.5 Å². The Labute approximate surface area is 170 Å². The van der Waals surface area contributed by atoms with Gasteiger partial charge < -0.3 is 14.5 Å². The molecule has 4 rings (SSSR count). The summed E-state index contributed by atoms with van der Waals surface area (Å²) in [5.74, 6) is 0.792. The summed E-state index contributed by atoms with van der Waals surface area (Å²) in [7, 11) is 1.67. The topological polar surface area (TPSA) is 67.7 Å². The fourth-order valence-corrected chi connectivity index (χ4v) is 4.21. The molecule has 1 aromatic heterocycles. The zero-order valence-corrected chi connectivity index (χ0v) is 17.0. The minimum absolute atomic E-state index is 0.0147. The van der Waals surface area contributed by atoms with Gasteiger partial charge in [-0.25, -0.2) is 4.68 Å². The standard InChI is InChI=1S/C22H28N4O3/c1-29-20-10-6-5-9-19(20)24-11-13-25(14-12-24)22(28)16-26-21(27)15-17-7-3-2-4-8-18(17)23-26/h5-6,9-10,15H,2-4,7-8,11-14,16H2,1H3. The van der Waals surface area contributed by atoms with Gasteiger partial charge in [-0.1, -0.05) is 18.6 Å². The molecule has 0 N–H and O–H groups in total. The lowest BCUT2D eigenvalue weighted by Gasteiger charge is -2.36. The molecule has 1 fully saturated rings. The van der Waals surface area contributed by atoms with Crippen molar-refractivity contribution in [3.8, 4) is 5.75 Å². The number of anilines is 1. The van der Waals surface area contributed by atoms with Gasteiger partial charge in [-0.05, 0) is 43.4 Å². The molecule has 1 aliphatic carbocycles. The first-order valence-electron chi connectivity index (χ1n) is 10.4. The number of aromatic nitrogens is 2. The Morgan fingerprint density at radius 3 is 2.62 bits per heavy atom. The fourth-order valence-electron chi connectivity index (χ4n) is 4.21. The van der Waals surface area contributed by atoms with Crippen LogP contribution in [0.15, 0.2) is 35.1 Å². The van der Waals surface area contributed by atoms with Crippen LogP contribution in [0.1, 0.15) is 30.5 Å². The molecule has 2 aliphatic rings. The quantitative estimate of drug-likeness (QED) is 0.738. The first-order chi connectivity index (χ1) is 14.2. The van der Waals surface area contributed by atoms with Gasteiger partial charge >= 0.3 is 0 Å². The molecule has 7 nitrogen and oxygen atoms in total. The number of carbonyl (C=O) groups is 1. The van der Waals surface area contributed by atoms with Gasteiger partial charge in [0.15, 0.2) is 0 Å². The van der Waals surface area contributed by atoms with Gasteiger partial charge in [0.25, 0.3) is 5.56 Å². The van der Waals surface area contributed by atoms with Crippen molar-refractivity contribution in [3.63, 3.8) is 0 Å². The van der Waals surface area contributed by atoms with Crippen molar-refractivity contribution in [1.29, 1.82) is 0 Å². The molecule has 0 bridgehead atoms. The minimum Gasteiger partial charge on any atom is -0.495 e. The van der Waals surface area contributed by atoms with E-state index in [1.165, 1.54) is 11.1 Å². The number of benzene rings is 1. The Kier molecular flexibility index (Phi) is 5.83. The van der Waals surface area contributed by atoms with Crippen molar-refractivity contribution in [2.24, 2.45) is 0 Å². The van der Waals surface area contributed by atoms with Crippen molar-refractivity contribution >= 4 is 11.6 Å². The number of amides is 1. The van der Waals surface area contributed by atoms with Crippen LogP contribution in [0.3, 0.4) is 0 Å². The number of aryl methyl sites for hydroxylation is 2. The number of hydrogen-bond acceptors (Lipinski definition) is 5. The summed E-state index contributed by atoms with van der Waals surface area (Å²) in [6.07, 6.45) is 5.17. The number of nitrogens with zero attached hydrogens (tertiary/aromatic N) is 4. The van der Waals surface area contributed by atoms with E-state index >= 15 is 0 Å². The number of rotatable bonds is 4. The first-order valence-corrected chi connectivity index (χ1v) is 10.4. The number of hydrogen-bond donors (Lipinski definition) is 0.